The molecule has 5 nitrogen and oxygen atoms in total. The number of rotatable bonds is 3. The monoisotopic (exact) mass is 274 g/mol. The van der Waals surface area contributed by atoms with E-state index in [1.807, 2.05) is 0 Å². The van der Waals surface area contributed by atoms with Crippen LogP contribution >= 0.6 is 0 Å². The van der Waals surface area contributed by atoms with Gasteiger partial charge in [0.1, 0.15) is 0 Å². The molecule has 3 fully saturated rings. The summed E-state index contributed by atoms with van der Waals surface area (Å²) in [6, 6.07) is 6.51. The first-order chi connectivity index (χ1) is 9.65. The molecule has 2 bridgehead atoms. The zero-order chi connectivity index (χ0) is 14.1. The Bertz CT molecular complexity index is 536. The molecule has 4 rings (SSSR count). The lowest BCUT2D eigenvalue weighted by Gasteiger charge is -2.44. The number of nitrogens with zero attached hydrogens (tertiary/aromatic N) is 1. The lowest BCUT2D eigenvalue weighted by Crippen LogP contribution is -2.57. The fraction of sp³-hybridized carbons (Fsp3) is 0.467. The zero-order valence-corrected chi connectivity index (χ0v) is 11.2. The molecule has 1 amide bonds. The molecular formula is C15H18N2O3. The first kappa shape index (κ1) is 13.1. The third-order valence-electron chi connectivity index (χ3n) is 4.37. The first-order valence-corrected chi connectivity index (χ1v) is 7.00. The van der Waals surface area contributed by atoms with Crippen LogP contribution in [0.25, 0.3) is 0 Å². The molecule has 0 aliphatic carbocycles. The van der Waals surface area contributed by atoms with E-state index >= 15 is 0 Å². The van der Waals surface area contributed by atoms with Crippen molar-refractivity contribution in [3.8, 4) is 0 Å². The van der Waals surface area contributed by atoms with Gasteiger partial charge in [0.05, 0.1) is 11.1 Å². The summed E-state index contributed by atoms with van der Waals surface area (Å²) >= 11 is 0. The Morgan fingerprint density at radius 2 is 1.80 bits per heavy atom. The predicted molar refractivity (Wildman–Crippen MR) is 73.8 cm³/mol. The molecular weight excluding hydrogens is 256 g/mol. The van der Waals surface area contributed by atoms with Gasteiger partial charge in [0.15, 0.2) is 0 Å². The van der Waals surface area contributed by atoms with Gasteiger partial charge in [-0.25, -0.2) is 4.79 Å². The zero-order valence-electron chi connectivity index (χ0n) is 11.2. The van der Waals surface area contributed by atoms with E-state index in [0.29, 0.717) is 5.92 Å². The van der Waals surface area contributed by atoms with Crippen LogP contribution < -0.4 is 5.32 Å². The van der Waals surface area contributed by atoms with Gasteiger partial charge in [-0.3, -0.25) is 4.79 Å². The second kappa shape index (κ2) is 5.25. The van der Waals surface area contributed by atoms with Crippen LogP contribution in [0, 0.1) is 5.92 Å². The Morgan fingerprint density at radius 3 is 2.35 bits per heavy atom. The molecule has 0 radical (unpaired) electrons. The topological polar surface area (TPSA) is 69.6 Å². The van der Waals surface area contributed by atoms with E-state index in [4.69, 9.17) is 5.11 Å². The van der Waals surface area contributed by atoms with E-state index < -0.39 is 5.97 Å². The van der Waals surface area contributed by atoms with Crippen molar-refractivity contribution in [1.29, 1.82) is 0 Å². The van der Waals surface area contributed by atoms with Gasteiger partial charge in [0.25, 0.3) is 5.91 Å². The Labute approximate surface area is 117 Å². The van der Waals surface area contributed by atoms with E-state index in [-0.39, 0.29) is 23.1 Å². The summed E-state index contributed by atoms with van der Waals surface area (Å²) in [5.41, 5.74) is 0.308. The molecule has 3 heterocycles. The molecule has 5 heteroatoms. The highest BCUT2D eigenvalue weighted by Gasteiger charge is 2.35. The first-order valence-electron chi connectivity index (χ1n) is 7.00. The third kappa shape index (κ3) is 2.41. The summed E-state index contributed by atoms with van der Waals surface area (Å²) in [6.45, 7) is 3.11. The number of benzene rings is 1. The maximum absolute atomic E-state index is 12.3. The van der Waals surface area contributed by atoms with Gasteiger partial charge in [0.2, 0.25) is 0 Å². The minimum absolute atomic E-state index is 0.0614. The number of amides is 1. The molecule has 106 valence electrons. The summed E-state index contributed by atoms with van der Waals surface area (Å²) in [4.78, 5) is 25.8. The minimum atomic E-state index is -1.07. The fourth-order valence-electron chi connectivity index (χ4n) is 3.24. The standard InChI is InChI=1S/C15H18N2O3/c18-14(11-3-1-2-4-12(11)15(19)20)16-13-9-17-7-5-10(13)6-8-17/h1-4,10,13H,5-9H2,(H,16,18)(H,19,20). The summed E-state index contributed by atoms with van der Waals surface area (Å²) in [5, 5.41) is 12.2. The van der Waals surface area contributed by atoms with Crippen molar-refractivity contribution in [2.24, 2.45) is 5.92 Å². The number of nitrogens with one attached hydrogen (secondary N) is 1. The fourth-order valence-corrected chi connectivity index (χ4v) is 3.24. The Hall–Kier alpha value is -1.88. The summed E-state index contributed by atoms with van der Waals surface area (Å²) in [6.07, 6.45) is 2.23. The number of fused-ring (bicyclic) bond motifs is 3. The van der Waals surface area contributed by atoms with E-state index in [1.54, 1.807) is 18.2 Å². The molecule has 3 aliphatic rings. The SMILES string of the molecule is O=C(O)c1ccccc1C(=O)NC1CN2CCC1CC2. The molecule has 3 aliphatic heterocycles. The lowest BCUT2D eigenvalue weighted by atomic mass is 9.84. The largest absolute Gasteiger partial charge is 0.478 e. The van der Waals surface area contributed by atoms with Gasteiger partial charge in [-0.05, 0) is 44.0 Å². The van der Waals surface area contributed by atoms with Crippen LogP contribution in [0.15, 0.2) is 24.3 Å². The van der Waals surface area contributed by atoms with Crippen LogP contribution in [0.4, 0.5) is 0 Å². The minimum Gasteiger partial charge on any atom is -0.478 e. The van der Waals surface area contributed by atoms with Crippen molar-refractivity contribution >= 4 is 11.9 Å². The van der Waals surface area contributed by atoms with Crippen molar-refractivity contribution in [2.45, 2.75) is 18.9 Å². The third-order valence-corrected chi connectivity index (χ3v) is 4.37. The lowest BCUT2D eigenvalue weighted by molar-refractivity contribution is 0.0611. The molecule has 2 N–H and O–H groups in total. The van der Waals surface area contributed by atoms with Crippen LogP contribution in [-0.2, 0) is 0 Å². The van der Waals surface area contributed by atoms with Crippen LogP contribution in [-0.4, -0.2) is 47.6 Å². The highest BCUT2D eigenvalue weighted by molar-refractivity contribution is 6.04. The molecule has 0 saturated carbocycles. The number of hydrogen-bond donors (Lipinski definition) is 2. The molecule has 0 aromatic heterocycles. The molecule has 1 atom stereocenters. The van der Waals surface area contributed by atoms with Crippen molar-refractivity contribution < 1.29 is 14.7 Å². The van der Waals surface area contributed by atoms with Crippen molar-refractivity contribution in [3.05, 3.63) is 35.4 Å². The van der Waals surface area contributed by atoms with E-state index in [9.17, 15) is 9.59 Å². The Kier molecular flexibility index (Phi) is 3.44. The molecule has 1 unspecified atom stereocenters. The smallest absolute Gasteiger partial charge is 0.336 e. The van der Waals surface area contributed by atoms with Crippen LogP contribution in [0.1, 0.15) is 33.6 Å². The highest BCUT2D eigenvalue weighted by Crippen LogP contribution is 2.27. The quantitative estimate of drug-likeness (QED) is 0.869. The van der Waals surface area contributed by atoms with Gasteiger partial charge in [-0.2, -0.15) is 0 Å². The van der Waals surface area contributed by atoms with Gasteiger partial charge >= 0.3 is 5.97 Å². The highest BCUT2D eigenvalue weighted by atomic mass is 16.4. The second-order valence-electron chi connectivity index (χ2n) is 5.57. The number of piperidine rings is 3. The van der Waals surface area contributed by atoms with E-state index in [1.165, 1.54) is 6.07 Å². The Morgan fingerprint density at radius 1 is 1.15 bits per heavy atom. The number of carboxylic acids is 1. The van der Waals surface area contributed by atoms with Gasteiger partial charge in [-0.15, -0.1) is 0 Å². The van der Waals surface area contributed by atoms with Crippen molar-refractivity contribution in [1.82, 2.24) is 10.2 Å². The number of carbonyl (C=O) groups is 2. The number of hydrogen-bond acceptors (Lipinski definition) is 3. The number of aromatic carboxylic acids is 1. The molecule has 3 saturated heterocycles. The predicted octanol–water partition coefficient (Wildman–Crippen LogP) is 1.21. The van der Waals surface area contributed by atoms with Gasteiger partial charge in [0, 0.05) is 12.6 Å². The number of carbonyl (C=O) groups excluding carboxylic acids is 1. The number of carboxylic acid groups (broad SMARTS) is 1. The molecule has 1 aromatic rings. The van der Waals surface area contributed by atoms with Crippen molar-refractivity contribution in [3.63, 3.8) is 0 Å². The van der Waals surface area contributed by atoms with Crippen molar-refractivity contribution in [2.75, 3.05) is 19.6 Å². The molecule has 0 spiro atoms. The average Bonchev–Trinajstić information content (AvgIpc) is 2.48. The van der Waals surface area contributed by atoms with Crippen LogP contribution in [0.2, 0.25) is 0 Å². The summed E-state index contributed by atoms with van der Waals surface area (Å²) < 4.78 is 0. The van der Waals surface area contributed by atoms with Gasteiger partial charge in [-0.1, -0.05) is 12.1 Å². The molecule has 20 heavy (non-hydrogen) atoms. The molecule has 1 aromatic carbocycles. The Balaban J connectivity index is 1.75. The maximum atomic E-state index is 12.3. The summed E-state index contributed by atoms with van der Waals surface area (Å²) in [5.74, 6) is -0.813. The second-order valence-corrected chi connectivity index (χ2v) is 5.57. The van der Waals surface area contributed by atoms with Gasteiger partial charge < -0.3 is 15.3 Å². The van der Waals surface area contributed by atoms with E-state index in [0.717, 1.165) is 32.5 Å². The normalized spacial score (nSPS) is 28.1. The maximum Gasteiger partial charge on any atom is 0.336 e. The van der Waals surface area contributed by atoms with E-state index in [2.05, 4.69) is 10.2 Å². The summed E-state index contributed by atoms with van der Waals surface area (Å²) in [7, 11) is 0. The average molecular weight is 274 g/mol. The van der Waals surface area contributed by atoms with Crippen LogP contribution in [0.3, 0.4) is 0 Å². The van der Waals surface area contributed by atoms with Crippen LogP contribution in [0.5, 0.6) is 0 Å².